The average Bonchev–Trinajstić information content (AvgIpc) is 3.20. The van der Waals surface area contributed by atoms with Crippen molar-refractivity contribution < 1.29 is 13.2 Å². The Kier molecular flexibility index (Phi) is 5.33. The molecule has 0 saturated heterocycles. The van der Waals surface area contributed by atoms with Gasteiger partial charge in [0.1, 0.15) is 0 Å². The third-order valence-corrected chi connectivity index (χ3v) is 4.92. The maximum absolute atomic E-state index is 11.9. The van der Waals surface area contributed by atoms with E-state index in [4.69, 9.17) is 16.3 Å². The first kappa shape index (κ1) is 16.4. The van der Waals surface area contributed by atoms with E-state index in [2.05, 4.69) is 0 Å². The number of hydrogen-bond donors (Lipinski definition) is 0. The van der Waals surface area contributed by atoms with Crippen LogP contribution in [0.2, 0.25) is 5.02 Å². The van der Waals surface area contributed by atoms with Crippen LogP contribution in [0.15, 0.2) is 34.9 Å². The van der Waals surface area contributed by atoms with Crippen molar-refractivity contribution in [3.8, 4) is 0 Å². The molecule has 5 heteroatoms. The summed E-state index contributed by atoms with van der Waals surface area (Å²) in [4.78, 5) is 0.313. The van der Waals surface area contributed by atoms with Gasteiger partial charge in [0.05, 0.1) is 17.8 Å². The normalized spacial score (nSPS) is 16.0. The molecule has 0 amide bonds. The minimum absolute atomic E-state index is 0.313. The van der Waals surface area contributed by atoms with Gasteiger partial charge in [0.15, 0.2) is 9.84 Å². The number of allylic oxidation sites excluding steroid dienone is 1. The molecule has 0 atom stereocenters. The molecule has 0 heterocycles. The highest BCUT2D eigenvalue weighted by Gasteiger charge is 2.24. The van der Waals surface area contributed by atoms with Gasteiger partial charge in [-0.1, -0.05) is 17.7 Å². The van der Waals surface area contributed by atoms with E-state index in [1.165, 1.54) is 25.2 Å². The summed E-state index contributed by atoms with van der Waals surface area (Å²) < 4.78 is 29.3. The van der Waals surface area contributed by atoms with Gasteiger partial charge in [0.25, 0.3) is 0 Å². The molecule has 1 fully saturated rings. The van der Waals surface area contributed by atoms with Gasteiger partial charge in [0.2, 0.25) is 0 Å². The Morgan fingerprint density at radius 3 is 2.71 bits per heavy atom. The Hall–Kier alpha value is -1.00. The third kappa shape index (κ3) is 5.04. The van der Waals surface area contributed by atoms with Crippen molar-refractivity contribution in [3.05, 3.63) is 40.6 Å². The van der Waals surface area contributed by atoms with Crippen LogP contribution in [0, 0.1) is 5.92 Å². The highest BCUT2D eigenvalue weighted by Crippen LogP contribution is 2.36. The second-order valence-electron chi connectivity index (χ2n) is 5.58. The van der Waals surface area contributed by atoms with Crippen molar-refractivity contribution in [1.82, 2.24) is 0 Å². The molecule has 3 nitrogen and oxygen atoms in total. The van der Waals surface area contributed by atoms with Crippen LogP contribution in [0.3, 0.4) is 0 Å². The molecule has 1 aliphatic rings. The summed E-state index contributed by atoms with van der Waals surface area (Å²) in [7, 11) is -3.29. The maximum Gasteiger partial charge on any atom is 0.175 e. The van der Waals surface area contributed by atoms with Gasteiger partial charge < -0.3 is 4.74 Å². The zero-order valence-electron chi connectivity index (χ0n) is 12.4. The van der Waals surface area contributed by atoms with E-state index in [1.54, 1.807) is 18.4 Å². The summed E-state index contributed by atoms with van der Waals surface area (Å²) in [5.41, 5.74) is 1.93. The fourth-order valence-electron chi connectivity index (χ4n) is 2.32. The molecular formula is C16H21ClO3S. The van der Waals surface area contributed by atoms with Gasteiger partial charge in [-0.15, -0.1) is 0 Å². The zero-order chi connectivity index (χ0) is 15.5. The highest BCUT2D eigenvalue weighted by molar-refractivity contribution is 7.90. The van der Waals surface area contributed by atoms with Crippen molar-refractivity contribution in [2.24, 2.45) is 5.92 Å². The van der Waals surface area contributed by atoms with E-state index in [9.17, 15) is 8.42 Å². The number of halogens is 1. The van der Waals surface area contributed by atoms with E-state index in [0.29, 0.717) is 22.9 Å². The molecule has 0 bridgehead atoms. The Morgan fingerprint density at radius 2 is 2.14 bits per heavy atom. The van der Waals surface area contributed by atoms with E-state index in [0.717, 1.165) is 23.5 Å². The first-order valence-electron chi connectivity index (χ1n) is 7.18. The Labute approximate surface area is 131 Å². The van der Waals surface area contributed by atoms with Crippen molar-refractivity contribution in [2.75, 3.05) is 12.9 Å². The quantitative estimate of drug-likeness (QED) is 0.710. The average molecular weight is 329 g/mol. The van der Waals surface area contributed by atoms with Gasteiger partial charge in [0, 0.05) is 11.3 Å². The first-order valence-corrected chi connectivity index (χ1v) is 9.45. The number of hydrogen-bond acceptors (Lipinski definition) is 3. The predicted octanol–water partition coefficient (Wildman–Crippen LogP) is 4.01. The fourth-order valence-corrected chi connectivity index (χ4v) is 3.51. The first-order chi connectivity index (χ1) is 9.90. The molecule has 1 aromatic carbocycles. The van der Waals surface area contributed by atoms with E-state index >= 15 is 0 Å². The molecule has 1 aliphatic carbocycles. The van der Waals surface area contributed by atoms with Gasteiger partial charge in [-0.2, -0.15) is 0 Å². The van der Waals surface area contributed by atoms with Crippen LogP contribution in [0.5, 0.6) is 0 Å². The Morgan fingerprint density at radius 1 is 1.43 bits per heavy atom. The molecule has 0 spiro atoms. The standard InChI is InChI=1S/C16H21ClO3S/c1-3-20-11-13(8-12-4-5-12)9-14-6-7-15(17)10-16(14)21(2,18)19/h6-7,10-12H,3-5,8-9H2,1-2H3. The van der Waals surface area contributed by atoms with E-state index in [1.807, 2.05) is 6.92 Å². The molecule has 116 valence electrons. The lowest BCUT2D eigenvalue weighted by atomic mass is 10.0. The van der Waals surface area contributed by atoms with Crippen LogP contribution >= 0.6 is 11.6 Å². The van der Waals surface area contributed by atoms with Gasteiger partial charge in [-0.25, -0.2) is 8.42 Å². The largest absolute Gasteiger partial charge is 0.502 e. The summed E-state index contributed by atoms with van der Waals surface area (Å²) in [5, 5.41) is 0.441. The summed E-state index contributed by atoms with van der Waals surface area (Å²) in [6.07, 6.45) is 7.09. The second kappa shape index (κ2) is 6.84. The van der Waals surface area contributed by atoms with Crippen LogP contribution in [0.25, 0.3) is 0 Å². The number of sulfone groups is 1. The third-order valence-electron chi connectivity index (χ3n) is 3.51. The molecule has 2 rings (SSSR count). The van der Waals surface area contributed by atoms with Crippen molar-refractivity contribution in [2.45, 2.75) is 37.5 Å². The molecule has 0 unspecified atom stereocenters. The molecule has 0 N–H and O–H groups in total. The second-order valence-corrected chi connectivity index (χ2v) is 8.00. The van der Waals surface area contributed by atoms with E-state index in [-0.39, 0.29) is 0 Å². The molecule has 0 radical (unpaired) electrons. The summed E-state index contributed by atoms with van der Waals surface area (Å²) in [6, 6.07) is 5.06. The summed E-state index contributed by atoms with van der Waals surface area (Å²) in [5.74, 6) is 0.727. The minimum Gasteiger partial charge on any atom is -0.502 e. The Bertz CT molecular complexity index is 631. The van der Waals surface area contributed by atoms with Crippen molar-refractivity contribution in [1.29, 1.82) is 0 Å². The molecule has 1 aromatic rings. The van der Waals surface area contributed by atoms with Gasteiger partial charge >= 0.3 is 0 Å². The molecule has 21 heavy (non-hydrogen) atoms. The molecule has 1 saturated carbocycles. The fraction of sp³-hybridized carbons (Fsp3) is 0.500. The molecule has 0 aromatic heterocycles. The van der Waals surface area contributed by atoms with Crippen molar-refractivity contribution in [3.63, 3.8) is 0 Å². The summed E-state index contributed by atoms with van der Waals surface area (Å²) >= 11 is 5.93. The number of ether oxygens (including phenoxy) is 1. The van der Waals surface area contributed by atoms with Gasteiger partial charge in [-0.3, -0.25) is 0 Å². The van der Waals surface area contributed by atoms with Crippen molar-refractivity contribution >= 4 is 21.4 Å². The van der Waals surface area contributed by atoms with Crippen LogP contribution in [-0.2, 0) is 21.0 Å². The van der Waals surface area contributed by atoms with Gasteiger partial charge in [-0.05, 0) is 61.8 Å². The molecule has 0 aliphatic heterocycles. The van der Waals surface area contributed by atoms with Crippen LogP contribution in [0.4, 0.5) is 0 Å². The lowest BCUT2D eigenvalue weighted by Gasteiger charge is -2.12. The zero-order valence-corrected chi connectivity index (χ0v) is 14.0. The smallest absolute Gasteiger partial charge is 0.175 e. The molecular weight excluding hydrogens is 308 g/mol. The number of benzene rings is 1. The summed E-state index contributed by atoms with van der Waals surface area (Å²) in [6.45, 7) is 2.56. The Balaban J connectivity index is 2.27. The minimum atomic E-state index is -3.29. The maximum atomic E-state index is 11.9. The highest BCUT2D eigenvalue weighted by atomic mass is 35.5. The monoisotopic (exact) mass is 328 g/mol. The topological polar surface area (TPSA) is 43.4 Å². The van der Waals surface area contributed by atoms with E-state index < -0.39 is 9.84 Å². The number of rotatable bonds is 7. The lowest BCUT2D eigenvalue weighted by molar-refractivity contribution is 0.264. The van der Waals surface area contributed by atoms with Crippen LogP contribution in [0.1, 0.15) is 31.7 Å². The van der Waals surface area contributed by atoms with Crippen LogP contribution < -0.4 is 0 Å². The predicted molar refractivity (Wildman–Crippen MR) is 85.3 cm³/mol. The lowest BCUT2D eigenvalue weighted by Crippen LogP contribution is -2.04. The SMILES string of the molecule is CCOC=C(Cc1ccc(Cl)cc1S(C)(=O)=O)CC1CC1. The van der Waals surface area contributed by atoms with Crippen LogP contribution in [-0.4, -0.2) is 21.3 Å².